The van der Waals surface area contributed by atoms with E-state index in [2.05, 4.69) is 16.0 Å². The van der Waals surface area contributed by atoms with Crippen molar-refractivity contribution in [3.8, 4) is 0 Å². The van der Waals surface area contributed by atoms with Crippen LogP contribution in [0.25, 0.3) is 0 Å². The van der Waals surface area contributed by atoms with Crippen molar-refractivity contribution in [2.45, 2.75) is 75.5 Å². The molecule has 0 fully saturated rings. The molecule has 0 radical (unpaired) electrons. The normalized spacial score (nSPS) is 13.9. The Balaban J connectivity index is 5.60. The summed E-state index contributed by atoms with van der Waals surface area (Å²) in [5, 5.41) is 33.7. The highest BCUT2D eigenvalue weighted by Gasteiger charge is 2.31. The zero-order chi connectivity index (χ0) is 27.8. The predicted molar refractivity (Wildman–Crippen MR) is 122 cm³/mol. The second-order valence-electron chi connectivity index (χ2n) is 7.95. The van der Waals surface area contributed by atoms with Gasteiger partial charge in [-0.15, -0.1) is 0 Å². The number of rotatable bonds is 19. The van der Waals surface area contributed by atoms with Crippen LogP contribution in [0.3, 0.4) is 0 Å². The van der Waals surface area contributed by atoms with Crippen molar-refractivity contribution in [3.05, 3.63) is 0 Å². The second-order valence-corrected chi connectivity index (χ2v) is 7.95. The Bertz CT molecular complexity index is 821. The van der Waals surface area contributed by atoms with E-state index >= 15 is 0 Å². The first-order valence-corrected chi connectivity index (χ1v) is 11.1. The van der Waals surface area contributed by atoms with Crippen LogP contribution < -0.4 is 33.2 Å². The molecule has 0 aromatic carbocycles. The van der Waals surface area contributed by atoms with Crippen molar-refractivity contribution in [1.29, 1.82) is 0 Å². The van der Waals surface area contributed by atoms with Crippen molar-refractivity contribution in [2.75, 3.05) is 6.54 Å². The fourth-order valence-corrected chi connectivity index (χ4v) is 2.96. The van der Waals surface area contributed by atoms with E-state index in [9.17, 15) is 38.7 Å². The van der Waals surface area contributed by atoms with Crippen LogP contribution in [-0.4, -0.2) is 87.6 Å². The van der Waals surface area contributed by atoms with Crippen molar-refractivity contribution in [2.24, 2.45) is 17.2 Å². The third-order valence-electron chi connectivity index (χ3n) is 4.88. The molecular formula is C20H34N6O10. The van der Waals surface area contributed by atoms with E-state index in [1.807, 2.05) is 0 Å². The molecule has 12 N–H and O–H groups in total. The maximum atomic E-state index is 12.9. The van der Waals surface area contributed by atoms with E-state index in [-0.39, 0.29) is 6.42 Å². The maximum absolute atomic E-state index is 12.9. The quantitative estimate of drug-likeness (QED) is 0.0755. The van der Waals surface area contributed by atoms with Gasteiger partial charge in [0.15, 0.2) is 0 Å². The van der Waals surface area contributed by atoms with Crippen LogP contribution in [0.15, 0.2) is 0 Å². The molecule has 0 aromatic rings. The summed E-state index contributed by atoms with van der Waals surface area (Å²) >= 11 is 0. The van der Waals surface area contributed by atoms with Crippen LogP contribution in [0.4, 0.5) is 0 Å². The van der Waals surface area contributed by atoms with Crippen LogP contribution in [0, 0.1) is 0 Å². The lowest BCUT2D eigenvalue weighted by molar-refractivity contribution is -0.144. The molecule has 36 heavy (non-hydrogen) atoms. The average Bonchev–Trinajstić information content (AvgIpc) is 2.77. The lowest BCUT2D eigenvalue weighted by Crippen LogP contribution is -2.57. The molecule has 4 atom stereocenters. The van der Waals surface area contributed by atoms with Crippen molar-refractivity contribution in [3.63, 3.8) is 0 Å². The third kappa shape index (κ3) is 13.8. The molecule has 0 aliphatic rings. The van der Waals surface area contributed by atoms with Gasteiger partial charge >= 0.3 is 17.9 Å². The number of hydrogen-bond acceptors (Lipinski definition) is 9. The molecule has 0 aromatic heterocycles. The molecule has 16 nitrogen and oxygen atoms in total. The molecule has 0 aliphatic carbocycles. The Morgan fingerprint density at radius 1 is 0.667 bits per heavy atom. The zero-order valence-electron chi connectivity index (χ0n) is 19.6. The highest BCUT2D eigenvalue weighted by molar-refractivity contribution is 5.95. The van der Waals surface area contributed by atoms with Gasteiger partial charge in [0.25, 0.3) is 0 Å². The maximum Gasteiger partial charge on any atom is 0.326 e. The molecule has 0 spiro atoms. The fraction of sp³-hybridized carbons (Fsp3) is 0.650. The molecule has 204 valence electrons. The number of primary amides is 1. The zero-order valence-corrected chi connectivity index (χ0v) is 19.6. The van der Waals surface area contributed by atoms with E-state index in [0.717, 1.165) is 0 Å². The number of aliphatic carboxylic acids is 3. The minimum absolute atomic E-state index is 0.0572. The molecule has 16 heteroatoms. The van der Waals surface area contributed by atoms with E-state index < -0.39 is 97.8 Å². The van der Waals surface area contributed by atoms with Gasteiger partial charge in [-0.3, -0.25) is 28.8 Å². The van der Waals surface area contributed by atoms with Crippen molar-refractivity contribution >= 4 is 41.5 Å². The van der Waals surface area contributed by atoms with Crippen LogP contribution in [-0.2, 0) is 33.6 Å². The second kappa shape index (κ2) is 16.8. The lowest BCUT2D eigenvalue weighted by atomic mass is 10.0. The van der Waals surface area contributed by atoms with Crippen molar-refractivity contribution in [1.82, 2.24) is 16.0 Å². The molecule has 4 unspecified atom stereocenters. The number of nitrogens with one attached hydrogen (secondary N) is 3. The Morgan fingerprint density at radius 3 is 1.56 bits per heavy atom. The van der Waals surface area contributed by atoms with Gasteiger partial charge in [0.2, 0.25) is 23.6 Å². The summed E-state index contributed by atoms with van der Waals surface area (Å²) in [6.45, 7) is 0.292. The topological polar surface area (TPSA) is 294 Å². The molecule has 0 aliphatic heterocycles. The number of nitrogens with two attached hydrogens (primary N) is 3. The summed E-state index contributed by atoms with van der Waals surface area (Å²) in [6.07, 6.45) is -1.58. The number of carbonyl (C=O) groups is 7. The van der Waals surface area contributed by atoms with Crippen molar-refractivity contribution < 1.29 is 48.9 Å². The molecule has 0 rings (SSSR count). The third-order valence-corrected chi connectivity index (χ3v) is 4.88. The van der Waals surface area contributed by atoms with Gasteiger partial charge in [-0.1, -0.05) is 0 Å². The number of hydrogen-bond donors (Lipinski definition) is 9. The van der Waals surface area contributed by atoms with Gasteiger partial charge in [0.05, 0.1) is 12.5 Å². The number of carboxylic acid groups (broad SMARTS) is 3. The first-order chi connectivity index (χ1) is 16.8. The Labute approximate surface area is 206 Å². The minimum Gasteiger partial charge on any atom is -0.481 e. The van der Waals surface area contributed by atoms with E-state index in [4.69, 9.17) is 27.4 Å². The van der Waals surface area contributed by atoms with Gasteiger partial charge < -0.3 is 48.5 Å². The van der Waals surface area contributed by atoms with Crippen LogP contribution >= 0.6 is 0 Å². The van der Waals surface area contributed by atoms with Crippen LogP contribution in [0.2, 0.25) is 0 Å². The van der Waals surface area contributed by atoms with Gasteiger partial charge in [0.1, 0.15) is 18.1 Å². The van der Waals surface area contributed by atoms with E-state index in [1.54, 1.807) is 0 Å². The van der Waals surface area contributed by atoms with E-state index in [1.165, 1.54) is 0 Å². The molecule has 0 saturated carbocycles. The van der Waals surface area contributed by atoms with Crippen LogP contribution in [0.5, 0.6) is 0 Å². The van der Waals surface area contributed by atoms with Crippen LogP contribution in [0.1, 0.15) is 51.4 Å². The first kappa shape index (κ1) is 32.2. The number of carbonyl (C=O) groups excluding carboxylic acids is 4. The largest absolute Gasteiger partial charge is 0.481 e. The summed E-state index contributed by atoms with van der Waals surface area (Å²) < 4.78 is 0. The Kier molecular flexibility index (Phi) is 15.0. The molecule has 0 bridgehead atoms. The number of unbranched alkanes of at least 4 members (excludes halogenated alkanes) is 1. The van der Waals surface area contributed by atoms with Gasteiger partial charge in [-0.2, -0.15) is 0 Å². The average molecular weight is 519 g/mol. The van der Waals surface area contributed by atoms with Gasteiger partial charge in [-0.25, -0.2) is 4.79 Å². The molecular weight excluding hydrogens is 484 g/mol. The monoisotopic (exact) mass is 518 g/mol. The highest BCUT2D eigenvalue weighted by atomic mass is 16.4. The molecule has 4 amide bonds. The van der Waals surface area contributed by atoms with Gasteiger partial charge in [0, 0.05) is 12.8 Å². The highest BCUT2D eigenvalue weighted by Crippen LogP contribution is 2.07. The molecule has 0 heterocycles. The summed E-state index contributed by atoms with van der Waals surface area (Å²) in [5.41, 5.74) is 16.1. The standard InChI is InChI=1S/C20H34N6O10/c21-8-2-1-3-11(24-17(32)10(22)9-14(23)27)18(33)25-12(4-6-15(28)29)19(34)26-13(20(35)36)5-7-16(30)31/h10-13H,1-9,21-22H2,(H2,23,27)(H,24,32)(H,25,33)(H,26,34)(H,28,29)(H,30,31)(H,35,36). The first-order valence-electron chi connectivity index (χ1n) is 11.1. The smallest absolute Gasteiger partial charge is 0.326 e. The fourth-order valence-electron chi connectivity index (χ4n) is 2.96. The number of carboxylic acids is 3. The predicted octanol–water partition coefficient (Wildman–Crippen LogP) is -3.41. The molecule has 0 saturated heterocycles. The lowest BCUT2D eigenvalue weighted by Gasteiger charge is -2.25. The minimum atomic E-state index is -1.61. The number of amides is 4. The summed E-state index contributed by atoms with van der Waals surface area (Å²) in [6, 6.07) is -5.72. The summed E-state index contributed by atoms with van der Waals surface area (Å²) in [4.78, 5) is 82.0. The van der Waals surface area contributed by atoms with Gasteiger partial charge in [-0.05, 0) is 38.6 Å². The Hall–Kier alpha value is -3.79. The summed E-state index contributed by atoms with van der Waals surface area (Å²) in [7, 11) is 0. The van der Waals surface area contributed by atoms with E-state index in [0.29, 0.717) is 19.4 Å². The summed E-state index contributed by atoms with van der Waals surface area (Å²) in [5.74, 6) is -7.78. The Morgan fingerprint density at radius 2 is 1.11 bits per heavy atom. The SMILES string of the molecule is NCCCCC(NC(=O)C(N)CC(N)=O)C(=O)NC(CCC(=O)O)C(=O)NC(CCC(=O)O)C(=O)O.